The fourth-order valence-electron chi connectivity index (χ4n) is 1.85. The van der Waals surface area contributed by atoms with Crippen molar-refractivity contribution >= 4 is 24.0 Å². The van der Waals surface area contributed by atoms with E-state index in [0.29, 0.717) is 5.56 Å². The molecule has 120 valence electrons. The number of hydrogen-bond donors (Lipinski definition) is 1. The van der Waals surface area contributed by atoms with E-state index in [1.165, 1.54) is 30.3 Å². The molecule has 2 nitrogen and oxygen atoms in total. The molecule has 0 aliphatic rings. The molecule has 0 amide bonds. The topological polar surface area (TPSA) is 35.2 Å². The molecule has 0 aliphatic carbocycles. The van der Waals surface area contributed by atoms with E-state index in [2.05, 4.69) is 4.74 Å². The van der Waals surface area contributed by atoms with Crippen LogP contribution in [0.5, 0.6) is 5.75 Å². The number of ether oxygens (including phenoxy) is 1. The minimum Gasteiger partial charge on any atom is -0.406 e. The summed E-state index contributed by atoms with van der Waals surface area (Å²) in [6.45, 7) is 0. The first-order valence-electron chi connectivity index (χ1n) is 5.83. The van der Waals surface area contributed by atoms with Gasteiger partial charge in [-0.2, -0.15) is 0 Å². The average Bonchev–Trinajstić information content (AvgIpc) is 2.37. The molecule has 22 heavy (non-hydrogen) atoms. The predicted molar refractivity (Wildman–Crippen MR) is 77.8 cm³/mol. The van der Waals surface area contributed by atoms with E-state index in [1.54, 1.807) is 0 Å². The number of nitrogens with two attached hydrogens (primary N) is 1. The molecule has 0 bridgehead atoms. The predicted octanol–water partition coefficient (Wildman–Crippen LogP) is 4.85. The Morgan fingerprint density at radius 1 is 1.05 bits per heavy atom. The van der Waals surface area contributed by atoms with Crippen LogP contribution in [0, 0.1) is 5.82 Å². The van der Waals surface area contributed by atoms with Gasteiger partial charge in [0.25, 0.3) is 0 Å². The highest BCUT2D eigenvalue weighted by Crippen LogP contribution is 2.30. The first-order valence-corrected chi connectivity index (χ1v) is 6.21. The molecule has 0 heterocycles. The van der Waals surface area contributed by atoms with Crippen LogP contribution in [0.15, 0.2) is 42.5 Å². The molecule has 0 unspecified atom stereocenters. The average molecular weight is 356 g/mol. The lowest BCUT2D eigenvalue weighted by molar-refractivity contribution is -0.274. The fourth-order valence-corrected chi connectivity index (χ4v) is 2.13. The Balaban J connectivity index is 0.00000242. The third kappa shape index (κ3) is 4.50. The van der Waals surface area contributed by atoms with Crippen LogP contribution < -0.4 is 10.5 Å². The van der Waals surface area contributed by atoms with Crippen molar-refractivity contribution in [3.63, 3.8) is 0 Å². The van der Waals surface area contributed by atoms with E-state index in [0.717, 1.165) is 12.1 Å². The summed E-state index contributed by atoms with van der Waals surface area (Å²) in [5.41, 5.74) is 6.41. The van der Waals surface area contributed by atoms with Gasteiger partial charge in [-0.3, -0.25) is 0 Å². The SMILES string of the molecule is Cl.N[C@H](c1ccc(OC(F)(F)F)cc1)c1c(F)cccc1Cl. The van der Waals surface area contributed by atoms with Gasteiger partial charge in [-0.15, -0.1) is 25.6 Å². The van der Waals surface area contributed by atoms with Crippen molar-refractivity contribution in [3.05, 3.63) is 64.4 Å². The molecule has 0 saturated carbocycles. The fraction of sp³-hybridized carbons (Fsp3) is 0.143. The summed E-state index contributed by atoms with van der Waals surface area (Å²) in [4.78, 5) is 0. The van der Waals surface area contributed by atoms with Crippen molar-refractivity contribution < 1.29 is 22.3 Å². The molecule has 2 N–H and O–H groups in total. The first kappa shape index (κ1) is 18.5. The Bertz CT molecular complexity index is 611. The Labute approximate surface area is 135 Å². The van der Waals surface area contributed by atoms with Gasteiger partial charge in [-0.25, -0.2) is 4.39 Å². The monoisotopic (exact) mass is 355 g/mol. The van der Waals surface area contributed by atoms with Crippen molar-refractivity contribution in [3.8, 4) is 5.75 Å². The Morgan fingerprint density at radius 2 is 1.64 bits per heavy atom. The zero-order valence-corrected chi connectivity index (χ0v) is 12.5. The zero-order valence-electron chi connectivity index (χ0n) is 10.9. The van der Waals surface area contributed by atoms with Crippen LogP contribution in [0.25, 0.3) is 0 Å². The molecule has 0 saturated heterocycles. The van der Waals surface area contributed by atoms with E-state index < -0.39 is 18.2 Å². The quantitative estimate of drug-likeness (QED) is 0.799. The maximum atomic E-state index is 13.8. The van der Waals surface area contributed by atoms with Gasteiger partial charge in [0.1, 0.15) is 11.6 Å². The molecule has 0 fully saturated rings. The van der Waals surface area contributed by atoms with Crippen LogP contribution in [-0.2, 0) is 0 Å². The highest BCUT2D eigenvalue weighted by Gasteiger charge is 2.31. The van der Waals surface area contributed by atoms with Gasteiger partial charge in [0.05, 0.1) is 6.04 Å². The maximum Gasteiger partial charge on any atom is 0.573 e. The van der Waals surface area contributed by atoms with E-state index >= 15 is 0 Å². The summed E-state index contributed by atoms with van der Waals surface area (Å²) in [7, 11) is 0. The van der Waals surface area contributed by atoms with Crippen molar-refractivity contribution in [1.29, 1.82) is 0 Å². The normalized spacial score (nSPS) is 12.5. The molecule has 1 atom stereocenters. The summed E-state index contributed by atoms with van der Waals surface area (Å²) >= 11 is 5.90. The first-order chi connectivity index (χ1) is 9.78. The van der Waals surface area contributed by atoms with Crippen LogP contribution >= 0.6 is 24.0 Å². The minimum absolute atomic E-state index is 0. The molecular formula is C14H11Cl2F4NO. The summed E-state index contributed by atoms with van der Waals surface area (Å²) in [5.74, 6) is -0.955. The van der Waals surface area contributed by atoms with Crippen LogP contribution in [-0.4, -0.2) is 6.36 Å². The number of benzene rings is 2. The van der Waals surface area contributed by atoms with E-state index in [1.807, 2.05) is 0 Å². The van der Waals surface area contributed by atoms with Crippen molar-refractivity contribution in [2.24, 2.45) is 5.73 Å². The Kier molecular flexibility index (Phi) is 6.05. The van der Waals surface area contributed by atoms with Gasteiger partial charge < -0.3 is 10.5 Å². The second kappa shape index (κ2) is 7.17. The lowest BCUT2D eigenvalue weighted by Crippen LogP contribution is -2.17. The number of hydrogen-bond acceptors (Lipinski definition) is 2. The largest absolute Gasteiger partial charge is 0.573 e. The maximum absolute atomic E-state index is 13.8. The van der Waals surface area contributed by atoms with Crippen LogP contribution in [0.1, 0.15) is 17.2 Å². The minimum atomic E-state index is -4.77. The molecule has 2 rings (SSSR count). The Hall–Kier alpha value is -1.50. The van der Waals surface area contributed by atoms with Gasteiger partial charge in [-0.1, -0.05) is 29.8 Å². The molecule has 2 aromatic rings. The molecule has 0 spiro atoms. The highest BCUT2D eigenvalue weighted by atomic mass is 35.5. The van der Waals surface area contributed by atoms with Gasteiger partial charge in [0.15, 0.2) is 0 Å². The van der Waals surface area contributed by atoms with Crippen LogP contribution in [0.3, 0.4) is 0 Å². The highest BCUT2D eigenvalue weighted by molar-refractivity contribution is 6.31. The van der Waals surface area contributed by atoms with Gasteiger partial charge in [-0.05, 0) is 29.8 Å². The van der Waals surface area contributed by atoms with E-state index in [4.69, 9.17) is 17.3 Å². The van der Waals surface area contributed by atoms with Crippen molar-refractivity contribution in [1.82, 2.24) is 0 Å². The lowest BCUT2D eigenvalue weighted by Gasteiger charge is -2.16. The van der Waals surface area contributed by atoms with Gasteiger partial charge in [0.2, 0.25) is 0 Å². The number of alkyl halides is 3. The molecule has 2 aromatic carbocycles. The zero-order chi connectivity index (χ0) is 15.6. The third-order valence-corrected chi connectivity index (χ3v) is 3.11. The second-order valence-corrected chi connectivity index (χ2v) is 4.64. The smallest absolute Gasteiger partial charge is 0.406 e. The number of rotatable bonds is 3. The number of halogens is 6. The van der Waals surface area contributed by atoms with Crippen LogP contribution in [0.4, 0.5) is 17.6 Å². The molecule has 8 heteroatoms. The molecular weight excluding hydrogens is 345 g/mol. The van der Waals surface area contributed by atoms with Crippen molar-refractivity contribution in [2.45, 2.75) is 12.4 Å². The standard InChI is InChI=1S/C14H10ClF4NO.ClH/c15-10-2-1-3-11(16)12(10)13(20)8-4-6-9(7-5-8)21-14(17,18)19;/h1-7,13H,20H2;1H/t13-;/m1./s1. The molecule has 0 aliphatic heterocycles. The van der Waals surface area contributed by atoms with Crippen LogP contribution in [0.2, 0.25) is 5.02 Å². The van der Waals surface area contributed by atoms with Gasteiger partial charge in [0, 0.05) is 10.6 Å². The van der Waals surface area contributed by atoms with E-state index in [9.17, 15) is 17.6 Å². The summed E-state index contributed by atoms with van der Waals surface area (Å²) in [5, 5.41) is 0.151. The molecule has 0 radical (unpaired) electrons. The summed E-state index contributed by atoms with van der Waals surface area (Å²) < 4.78 is 53.7. The lowest BCUT2D eigenvalue weighted by atomic mass is 9.99. The molecule has 0 aromatic heterocycles. The van der Waals surface area contributed by atoms with Crippen molar-refractivity contribution in [2.75, 3.05) is 0 Å². The summed E-state index contributed by atoms with van der Waals surface area (Å²) in [6, 6.07) is 8.12. The Morgan fingerprint density at radius 3 is 2.14 bits per heavy atom. The van der Waals surface area contributed by atoms with E-state index in [-0.39, 0.29) is 28.7 Å². The third-order valence-electron chi connectivity index (χ3n) is 2.78. The summed E-state index contributed by atoms with van der Waals surface area (Å²) in [6.07, 6.45) is -4.77. The second-order valence-electron chi connectivity index (χ2n) is 4.23. The van der Waals surface area contributed by atoms with Gasteiger partial charge >= 0.3 is 6.36 Å².